The Morgan fingerprint density at radius 1 is 1.32 bits per heavy atom. The van der Waals surface area contributed by atoms with Gasteiger partial charge in [-0.15, -0.1) is 0 Å². The van der Waals surface area contributed by atoms with Crippen LogP contribution in [-0.2, 0) is 4.74 Å². The van der Waals surface area contributed by atoms with Crippen LogP contribution < -0.4 is 0 Å². The first kappa shape index (κ1) is 14.6. The summed E-state index contributed by atoms with van der Waals surface area (Å²) < 4.78 is 5.36. The zero-order valence-corrected chi connectivity index (χ0v) is 12.4. The summed E-state index contributed by atoms with van der Waals surface area (Å²) in [5, 5.41) is 10.5. The molecule has 1 amide bonds. The van der Waals surface area contributed by atoms with Gasteiger partial charge in [0.2, 0.25) is 0 Å². The number of piperidine rings is 1. The minimum atomic E-state index is -0.554. The molecule has 0 aromatic rings. The van der Waals surface area contributed by atoms with Gasteiger partial charge in [0.1, 0.15) is 5.60 Å². The van der Waals surface area contributed by atoms with Crippen LogP contribution in [0.3, 0.4) is 0 Å². The Kier molecular flexibility index (Phi) is 4.09. The maximum Gasteiger partial charge on any atom is 0.410 e. The molecule has 2 fully saturated rings. The molecule has 0 aromatic heterocycles. The third kappa shape index (κ3) is 4.68. The fourth-order valence-corrected chi connectivity index (χ4v) is 2.56. The van der Waals surface area contributed by atoms with Crippen LogP contribution >= 0.6 is 0 Å². The maximum atomic E-state index is 11.9. The van der Waals surface area contributed by atoms with Crippen molar-refractivity contribution in [2.24, 2.45) is 5.92 Å². The van der Waals surface area contributed by atoms with Gasteiger partial charge >= 0.3 is 6.09 Å². The molecule has 0 unspecified atom stereocenters. The highest BCUT2D eigenvalue weighted by atomic mass is 16.6. The number of hydrogen-bond donors (Lipinski definition) is 1. The van der Waals surface area contributed by atoms with Crippen molar-refractivity contribution >= 4 is 6.09 Å². The molecule has 19 heavy (non-hydrogen) atoms. The van der Waals surface area contributed by atoms with Gasteiger partial charge < -0.3 is 14.7 Å². The zero-order chi connectivity index (χ0) is 14.1. The highest BCUT2D eigenvalue weighted by molar-refractivity contribution is 5.68. The molecule has 0 radical (unpaired) electrons. The quantitative estimate of drug-likeness (QED) is 0.857. The molecule has 4 heteroatoms. The molecule has 0 bridgehead atoms. The van der Waals surface area contributed by atoms with E-state index in [4.69, 9.17) is 4.74 Å². The lowest BCUT2D eigenvalue weighted by atomic mass is 9.86. The molecule has 110 valence electrons. The molecule has 2 rings (SSSR count). The van der Waals surface area contributed by atoms with E-state index < -0.39 is 11.2 Å². The smallest absolute Gasteiger partial charge is 0.410 e. The Morgan fingerprint density at radius 3 is 2.37 bits per heavy atom. The Labute approximate surface area is 116 Å². The summed E-state index contributed by atoms with van der Waals surface area (Å²) in [7, 11) is 0. The molecule has 0 atom stereocenters. The average Bonchev–Trinajstić information content (AvgIpc) is 3.09. The van der Waals surface area contributed by atoms with Crippen molar-refractivity contribution in [3.05, 3.63) is 0 Å². The van der Waals surface area contributed by atoms with Gasteiger partial charge in [-0.3, -0.25) is 0 Å². The van der Waals surface area contributed by atoms with E-state index in [-0.39, 0.29) is 6.09 Å². The van der Waals surface area contributed by atoms with E-state index in [1.165, 1.54) is 12.8 Å². The average molecular weight is 269 g/mol. The first-order valence-corrected chi connectivity index (χ1v) is 7.48. The Bertz CT molecular complexity index is 323. The van der Waals surface area contributed by atoms with Gasteiger partial charge in [0.25, 0.3) is 0 Å². The van der Waals surface area contributed by atoms with Crippen molar-refractivity contribution in [2.75, 3.05) is 13.1 Å². The van der Waals surface area contributed by atoms with Gasteiger partial charge in [-0.2, -0.15) is 0 Å². The van der Waals surface area contributed by atoms with Crippen LogP contribution in [0.15, 0.2) is 0 Å². The van der Waals surface area contributed by atoms with Crippen molar-refractivity contribution < 1.29 is 14.6 Å². The molecule has 0 spiro atoms. The van der Waals surface area contributed by atoms with Gasteiger partial charge in [0.15, 0.2) is 0 Å². The topological polar surface area (TPSA) is 49.8 Å². The molecule has 2 aliphatic rings. The minimum Gasteiger partial charge on any atom is -0.444 e. The van der Waals surface area contributed by atoms with Gasteiger partial charge in [-0.05, 0) is 52.4 Å². The molecule has 1 saturated heterocycles. The molecule has 1 saturated carbocycles. The SMILES string of the molecule is CC(C)(C)OC(=O)N1CCC(O)(CCC2CC2)CC1. The molecular formula is C15H27NO3. The van der Waals surface area contributed by atoms with Gasteiger partial charge in [0.05, 0.1) is 5.60 Å². The number of ether oxygens (including phenoxy) is 1. The molecule has 1 aliphatic carbocycles. The number of hydrogen-bond acceptors (Lipinski definition) is 3. The van der Waals surface area contributed by atoms with Gasteiger partial charge in [-0.1, -0.05) is 12.8 Å². The summed E-state index contributed by atoms with van der Waals surface area (Å²) in [5.74, 6) is 0.855. The summed E-state index contributed by atoms with van der Waals surface area (Å²) >= 11 is 0. The standard InChI is InChI=1S/C15H27NO3/c1-14(2,3)19-13(17)16-10-8-15(18,9-11-16)7-6-12-4-5-12/h12,18H,4-11H2,1-3H3. The molecule has 1 N–H and O–H groups in total. The Hall–Kier alpha value is -0.770. The first-order chi connectivity index (χ1) is 8.77. The number of likely N-dealkylation sites (tertiary alicyclic amines) is 1. The second-order valence-electron chi connectivity index (χ2n) is 7.17. The first-order valence-electron chi connectivity index (χ1n) is 7.48. The van der Waals surface area contributed by atoms with Crippen LogP contribution in [0, 0.1) is 5.92 Å². The fourth-order valence-electron chi connectivity index (χ4n) is 2.56. The second kappa shape index (κ2) is 5.31. The van der Waals surface area contributed by atoms with E-state index in [1.807, 2.05) is 20.8 Å². The van der Waals surface area contributed by atoms with Crippen LogP contribution in [0.25, 0.3) is 0 Å². The molecule has 1 heterocycles. The lowest BCUT2D eigenvalue weighted by molar-refractivity contribution is -0.0382. The highest BCUT2D eigenvalue weighted by Crippen LogP contribution is 2.37. The summed E-state index contributed by atoms with van der Waals surface area (Å²) in [4.78, 5) is 13.6. The molecular weight excluding hydrogens is 242 g/mol. The lowest BCUT2D eigenvalue weighted by Gasteiger charge is -2.38. The molecule has 4 nitrogen and oxygen atoms in total. The van der Waals surface area contributed by atoms with Crippen LogP contribution in [-0.4, -0.2) is 40.4 Å². The Balaban J connectivity index is 1.75. The van der Waals surface area contributed by atoms with Crippen molar-refractivity contribution in [2.45, 2.75) is 70.5 Å². The minimum absolute atomic E-state index is 0.253. The van der Waals surface area contributed by atoms with E-state index in [0.29, 0.717) is 25.9 Å². The van der Waals surface area contributed by atoms with Gasteiger partial charge in [0, 0.05) is 13.1 Å². The normalized spacial score (nSPS) is 23.3. The highest BCUT2D eigenvalue weighted by Gasteiger charge is 2.36. The van der Waals surface area contributed by atoms with E-state index in [0.717, 1.165) is 18.8 Å². The number of nitrogens with zero attached hydrogens (tertiary/aromatic N) is 1. The van der Waals surface area contributed by atoms with Gasteiger partial charge in [-0.25, -0.2) is 4.79 Å². The summed E-state index contributed by atoms with van der Waals surface area (Å²) in [6.45, 7) is 6.84. The van der Waals surface area contributed by atoms with Crippen LogP contribution in [0.2, 0.25) is 0 Å². The van der Waals surface area contributed by atoms with Crippen LogP contribution in [0.4, 0.5) is 4.79 Å². The van der Waals surface area contributed by atoms with E-state index in [2.05, 4.69) is 0 Å². The van der Waals surface area contributed by atoms with E-state index in [9.17, 15) is 9.90 Å². The number of aliphatic hydroxyl groups is 1. The number of rotatable bonds is 3. The fraction of sp³-hybridized carbons (Fsp3) is 0.933. The van der Waals surface area contributed by atoms with Crippen molar-refractivity contribution in [1.82, 2.24) is 4.90 Å². The summed E-state index contributed by atoms with van der Waals surface area (Å²) in [5.41, 5.74) is -1.00. The van der Waals surface area contributed by atoms with Crippen LogP contribution in [0.1, 0.15) is 59.3 Å². The molecule has 0 aromatic carbocycles. The van der Waals surface area contributed by atoms with E-state index >= 15 is 0 Å². The number of amides is 1. The van der Waals surface area contributed by atoms with Crippen molar-refractivity contribution in [3.8, 4) is 0 Å². The van der Waals surface area contributed by atoms with Crippen molar-refractivity contribution in [3.63, 3.8) is 0 Å². The van der Waals surface area contributed by atoms with E-state index in [1.54, 1.807) is 4.90 Å². The number of carbonyl (C=O) groups is 1. The summed E-state index contributed by atoms with van der Waals surface area (Å²) in [6.07, 6.45) is 5.80. The third-order valence-corrected chi connectivity index (χ3v) is 4.06. The second-order valence-corrected chi connectivity index (χ2v) is 7.17. The molecule has 1 aliphatic heterocycles. The van der Waals surface area contributed by atoms with Crippen molar-refractivity contribution in [1.29, 1.82) is 0 Å². The van der Waals surface area contributed by atoms with Crippen LogP contribution in [0.5, 0.6) is 0 Å². The lowest BCUT2D eigenvalue weighted by Crippen LogP contribution is -2.48. The largest absolute Gasteiger partial charge is 0.444 e. The monoisotopic (exact) mass is 269 g/mol. The number of carbonyl (C=O) groups excluding carboxylic acids is 1. The predicted molar refractivity (Wildman–Crippen MR) is 73.9 cm³/mol. The Morgan fingerprint density at radius 2 is 1.89 bits per heavy atom. The third-order valence-electron chi connectivity index (χ3n) is 4.06. The predicted octanol–water partition coefficient (Wildman–Crippen LogP) is 2.94. The zero-order valence-electron chi connectivity index (χ0n) is 12.4. The summed E-state index contributed by atoms with van der Waals surface area (Å²) in [6, 6.07) is 0. The maximum absolute atomic E-state index is 11.9.